The summed E-state index contributed by atoms with van der Waals surface area (Å²) in [5, 5.41) is 16.3. The molecule has 1 aromatic rings. The highest BCUT2D eigenvalue weighted by atomic mass is 19.1. The van der Waals surface area contributed by atoms with Crippen molar-refractivity contribution in [2.24, 2.45) is 11.3 Å². The van der Waals surface area contributed by atoms with E-state index in [-0.39, 0.29) is 31.3 Å². The Morgan fingerprint density at radius 2 is 2.11 bits per heavy atom. The van der Waals surface area contributed by atoms with E-state index in [2.05, 4.69) is 21.6 Å². The molecule has 0 amide bonds. The van der Waals surface area contributed by atoms with Gasteiger partial charge in [0.1, 0.15) is 30.6 Å². The predicted octanol–water partition coefficient (Wildman–Crippen LogP) is 3.55. The van der Waals surface area contributed by atoms with Crippen molar-refractivity contribution >= 4 is 0 Å². The van der Waals surface area contributed by atoms with Crippen LogP contribution < -0.4 is 0 Å². The zero-order chi connectivity index (χ0) is 20.5. The smallest absolute Gasteiger partial charge is 0.137 e. The van der Waals surface area contributed by atoms with Gasteiger partial charge < -0.3 is 5.11 Å². The van der Waals surface area contributed by atoms with Crippen LogP contribution in [0.4, 0.5) is 8.78 Å². The van der Waals surface area contributed by atoms with E-state index in [4.69, 9.17) is 0 Å². The molecule has 0 spiro atoms. The van der Waals surface area contributed by atoms with Crippen molar-refractivity contribution in [3.8, 4) is 0 Å². The maximum Gasteiger partial charge on any atom is 0.137 e. The highest BCUT2D eigenvalue weighted by Crippen LogP contribution is 2.53. The Labute approximate surface area is 166 Å². The van der Waals surface area contributed by atoms with Gasteiger partial charge in [0.05, 0.1) is 6.54 Å². The van der Waals surface area contributed by atoms with Crippen molar-refractivity contribution < 1.29 is 13.9 Å². The lowest BCUT2D eigenvalue weighted by atomic mass is 9.55. The summed E-state index contributed by atoms with van der Waals surface area (Å²) in [6.07, 6.45) is 3.30. The number of rotatable bonds is 5. The van der Waals surface area contributed by atoms with E-state index in [1.54, 1.807) is 17.9 Å². The molecular weight excluding hydrogens is 362 g/mol. The Morgan fingerprint density at radius 3 is 2.75 bits per heavy atom. The fourth-order valence-electron chi connectivity index (χ4n) is 5.27. The molecule has 3 rings (SSSR count). The minimum absolute atomic E-state index is 0.129. The van der Waals surface area contributed by atoms with Crippen molar-refractivity contribution in [2.75, 3.05) is 13.1 Å². The van der Waals surface area contributed by atoms with Gasteiger partial charge in [-0.1, -0.05) is 26.0 Å². The molecular formula is C21H34F2N4O. The Hall–Kier alpha value is -1.34. The van der Waals surface area contributed by atoms with E-state index in [0.29, 0.717) is 0 Å². The first-order valence-electron chi connectivity index (χ1n) is 10.4. The van der Waals surface area contributed by atoms with Crippen LogP contribution in [0.2, 0.25) is 0 Å². The largest absolute Gasteiger partial charge is 0.386 e. The first-order valence-corrected chi connectivity index (χ1v) is 10.4. The summed E-state index contributed by atoms with van der Waals surface area (Å²) in [6, 6.07) is -0.315. The Bertz CT molecular complexity index is 655. The molecule has 0 bridgehead atoms. The van der Waals surface area contributed by atoms with Crippen LogP contribution in [-0.2, 0) is 6.54 Å². The lowest BCUT2D eigenvalue weighted by molar-refractivity contribution is -0.203. The van der Waals surface area contributed by atoms with Gasteiger partial charge in [0, 0.05) is 24.4 Å². The van der Waals surface area contributed by atoms with Gasteiger partial charge in [-0.2, -0.15) is 5.10 Å². The van der Waals surface area contributed by atoms with Gasteiger partial charge in [0.2, 0.25) is 0 Å². The quantitative estimate of drug-likeness (QED) is 0.774. The minimum atomic E-state index is -1.43. The van der Waals surface area contributed by atoms with Crippen LogP contribution in [0.1, 0.15) is 52.9 Å². The van der Waals surface area contributed by atoms with Gasteiger partial charge in [-0.05, 0) is 45.1 Å². The van der Waals surface area contributed by atoms with E-state index in [9.17, 15) is 9.50 Å². The average molecular weight is 397 g/mol. The van der Waals surface area contributed by atoms with Crippen LogP contribution >= 0.6 is 0 Å². The molecule has 7 heteroatoms. The number of aromatic nitrogens is 3. The molecule has 0 aromatic carbocycles. The Kier molecular flexibility index (Phi) is 6.25. The van der Waals surface area contributed by atoms with E-state index in [1.165, 1.54) is 11.9 Å². The van der Waals surface area contributed by atoms with Crippen LogP contribution in [0.5, 0.6) is 0 Å². The Balaban J connectivity index is 1.98. The van der Waals surface area contributed by atoms with Gasteiger partial charge in [-0.25, -0.2) is 18.4 Å². The molecule has 1 aliphatic heterocycles. The van der Waals surface area contributed by atoms with Crippen LogP contribution in [0.25, 0.3) is 0 Å². The van der Waals surface area contributed by atoms with E-state index >= 15 is 4.39 Å². The van der Waals surface area contributed by atoms with Gasteiger partial charge >= 0.3 is 0 Å². The molecule has 6 atom stereocenters. The third kappa shape index (κ3) is 3.75. The molecule has 1 saturated carbocycles. The van der Waals surface area contributed by atoms with E-state index < -0.39 is 23.4 Å². The van der Waals surface area contributed by atoms with E-state index in [1.807, 2.05) is 13.8 Å². The third-order valence-electron chi connectivity index (χ3n) is 7.52. The van der Waals surface area contributed by atoms with E-state index in [0.717, 1.165) is 32.4 Å². The molecule has 1 N–H and O–H groups in total. The molecule has 5 nitrogen and oxygen atoms in total. The van der Waals surface area contributed by atoms with Crippen molar-refractivity contribution in [1.29, 1.82) is 0 Å². The zero-order valence-electron chi connectivity index (χ0n) is 17.3. The van der Waals surface area contributed by atoms with Gasteiger partial charge in [0.25, 0.3) is 0 Å². The topological polar surface area (TPSA) is 54.2 Å². The summed E-state index contributed by atoms with van der Waals surface area (Å²) in [7, 11) is 0. The van der Waals surface area contributed by atoms with Gasteiger partial charge in [-0.3, -0.25) is 4.90 Å². The van der Waals surface area contributed by atoms with Crippen LogP contribution in [0.15, 0.2) is 24.8 Å². The fourth-order valence-corrected chi connectivity index (χ4v) is 5.27. The first kappa shape index (κ1) is 21.4. The molecule has 0 radical (unpaired) electrons. The highest BCUT2D eigenvalue weighted by Gasteiger charge is 2.61. The number of alkyl halides is 2. The first-order chi connectivity index (χ1) is 13.2. The number of likely N-dealkylation sites (tertiary alicyclic amines) is 1. The molecule has 2 aliphatic rings. The average Bonchev–Trinajstić information content (AvgIpc) is 3.04. The van der Waals surface area contributed by atoms with Crippen molar-refractivity contribution in [3.63, 3.8) is 0 Å². The predicted molar refractivity (Wildman–Crippen MR) is 105 cm³/mol. The summed E-state index contributed by atoms with van der Waals surface area (Å²) >= 11 is 0. The molecule has 28 heavy (non-hydrogen) atoms. The standard InChI is InChI=1S/C21H34F2N4O/c1-15-6-5-8-26(9-7-15)17(3)21(28,12-27-14-24-13-25-27)20(4)16(2)10-18(22)11-19(20)23/h13-14,16-19,28H,1,5-12H2,2-4H3/t16?,17-,18?,19?,20?,21-/m1/s1. The number of nitrogens with zero attached hydrogens (tertiary/aromatic N) is 4. The molecule has 1 aromatic heterocycles. The molecule has 158 valence electrons. The molecule has 2 heterocycles. The SMILES string of the molecule is C=C1CCCN([C@H](C)[C@](O)(Cn2cncn2)C2(C)C(C)CC(F)CC2F)CC1. The number of hydrogen-bond donors (Lipinski definition) is 1. The molecule has 1 saturated heterocycles. The summed E-state index contributed by atoms with van der Waals surface area (Å²) < 4.78 is 31.1. The third-order valence-corrected chi connectivity index (χ3v) is 7.52. The zero-order valence-corrected chi connectivity index (χ0v) is 17.3. The van der Waals surface area contributed by atoms with Crippen molar-refractivity contribution in [2.45, 2.75) is 83.4 Å². The summed E-state index contributed by atoms with van der Waals surface area (Å²) in [6.45, 7) is 11.5. The van der Waals surface area contributed by atoms with Gasteiger partial charge in [-0.15, -0.1) is 0 Å². The number of halogens is 2. The van der Waals surface area contributed by atoms with Crippen molar-refractivity contribution in [1.82, 2.24) is 19.7 Å². The normalized spacial score (nSPS) is 35.9. The Morgan fingerprint density at radius 1 is 1.36 bits per heavy atom. The maximum atomic E-state index is 15.4. The second kappa shape index (κ2) is 8.19. The summed E-state index contributed by atoms with van der Waals surface area (Å²) in [5.74, 6) is -0.302. The van der Waals surface area contributed by atoms with Crippen LogP contribution in [-0.4, -0.2) is 61.8 Å². The van der Waals surface area contributed by atoms with Crippen molar-refractivity contribution in [3.05, 3.63) is 24.8 Å². The van der Waals surface area contributed by atoms with Crippen LogP contribution in [0.3, 0.4) is 0 Å². The highest BCUT2D eigenvalue weighted by molar-refractivity contribution is 5.11. The lowest BCUT2D eigenvalue weighted by Gasteiger charge is -2.57. The lowest BCUT2D eigenvalue weighted by Crippen LogP contribution is -2.68. The molecule has 4 unspecified atom stereocenters. The van der Waals surface area contributed by atoms with Gasteiger partial charge in [0.15, 0.2) is 0 Å². The summed E-state index contributed by atoms with van der Waals surface area (Å²) in [5.41, 5.74) is -1.30. The molecule has 1 aliphatic carbocycles. The monoisotopic (exact) mass is 396 g/mol. The second-order valence-corrected chi connectivity index (χ2v) is 9.05. The second-order valence-electron chi connectivity index (χ2n) is 9.05. The maximum absolute atomic E-state index is 15.4. The number of hydrogen-bond acceptors (Lipinski definition) is 4. The fraction of sp³-hybridized carbons (Fsp3) is 0.810. The van der Waals surface area contributed by atoms with Crippen LogP contribution in [0, 0.1) is 11.3 Å². The number of aliphatic hydroxyl groups is 1. The summed E-state index contributed by atoms with van der Waals surface area (Å²) in [4.78, 5) is 6.22. The minimum Gasteiger partial charge on any atom is -0.386 e. The molecule has 2 fully saturated rings.